The minimum atomic E-state index is -1.79. The molecule has 0 spiro atoms. The van der Waals surface area contributed by atoms with Gasteiger partial charge in [0.15, 0.2) is 0 Å². The lowest BCUT2D eigenvalue weighted by molar-refractivity contribution is 0.669. The molecule has 0 saturated heterocycles. The fourth-order valence-corrected chi connectivity index (χ4v) is 3.89. The molecule has 3 heterocycles. The lowest BCUT2D eigenvalue weighted by Gasteiger charge is -2.08. The molecule has 6 rings (SSSR count). The quantitative estimate of drug-likeness (QED) is 0.335. The second kappa shape index (κ2) is 6.82. The molecule has 3 aromatic heterocycles. The van der Waals surface area contributed by atoms with Crippen LogP contribution < -0.4 is 0 Å². The van der Waals surface area contributed by atoms with Crippen molar-refractivity contribution in [1.82, 2.24) is 9.97 Å². The van der Waals surface area contributed by atoms with Gasteiger partial charge in [0.1, 0.15) is 11.2 Å². The summed E-state index contributed by atoms with van der Waals surface area (Å²) >= 11 is 0. The summed E-state index contributed by atoms with van der Waals surface area (Å²) in [5, 5.41) is 3.65. The molecule has 0 saturated carbocycles. The van der Waals surface area contributed by atoms with Gasteiger partial charge in [-0.15, -0.1) is 0 Å². The number of hydrogen-bond donors (Lipinski definition) is 0. The van der Waals surface area contributed by atoms with Crippen LogP contribution in [0, 0.1) is 0 Å². The molecule has 0 atom stereocenters. The maximum absolute atomic E-state index is 8.93. The molecule has 3 nitrogen and oxygen atoms in total. The molecule has 0 aliphatic carbocycles. The first-order chi connectivity index (χ1) is 15.6. The zero-order chi connectivity index (χ0) is 21.7. The van der Waals surface area contributed by atoms with Crippen LogP contribution in [0.3, 0.4) is 0 Å². The number of fused-ring (bicyclic) bond motifs is 4. The zero-order valence-electron chi connectivity index (χ0n) is 18.0. The van der Waals surface area contributed by atoms with Gasteiger partial charge >= 0.3 is 0 Å². The summed E-state index contributed by atoms with van der Waals surface area (Å²) in [6, 6.07) is 26.9. The van der Waals surface area contributed by atoms with E-state index in [0.717, 1.165) is 27.4 Å². The zero-order valence-corrected chi connectivity index (χ0v) is 16.0. The van der Waals surface area contributed by atoms with Gasteiger partial charge in [-0.3, -0.25) is 9.97 Å². The number of aromatic nitrogens is 2. The predicted molar refractivity (Wildman–Crippen MR) is 122 cm³/mol. The van der Waals surface area contributed by atoms with Crippen molar-refractivity contribution in [2.45, 2.75) is 6.37 Å². The summed E-state index contributed by atoms with van der Waals surface area (Å²) in [7, 11) is 0. The Bertz CT molecular complexity index is 1610. The van der Waals surface area contributed by atoms with Crippen molar-refractivity contribution in [3.8, 4) is 11.3 Å². The van der Waals surface area contributed by atoms with E-state index in [0.29, 0.717) is 27.8 Å². The molecular formula is C27H18N2O. The smallest absolute Gasteiger partial charge is 0.148 e. The van der Waals surface area contributed by atoms with E-state index >= 15 is 0 Å². The van der Waals surface area contributed by atoms with Crippen molar-refractivity contribution < 1.29 is 7.16 Å². The summed E-state index contributed by atoms with van der Waals surface area (Å²) in [6.45, 7) is 0. The van der Waals surface area contributed by atoms with Gasteiger partial charge in [0.25, 0.3) is 0 Å². The van der Waals surface area contributed by atoms with Crippen molar-refractivity contribution >= 4 is 32.7 Å². The van der Waals surface area contributed by atoms with Crippen LogP contribution in [0.25, 0.3) is 44.0 Å². The molecule has 3 aromatic carbocycles. The number of pyridine rings is 2. The average Bonchev–Trinajstić information content (AvgIpc) is 3.23. The molecule has 3 heteroatoms. The third-order valence-corrected chi connectivity index (χ3v) is 5.34. The summed E-state index contributed by atoms with van der Waals surface area (Å²) in [4.78, 5) is 9.31. The Morgan fingerprint density at radius 2 is 1.53 bits per heavy atom. The fourth-order valence-electron chi connectivity index (χ4n) is 3.89. The van der Waals surface area contributed by atoms with Crippen LogP contribution in [-0.2, 0) is 6.37 Å². The minimum Gasteiger partial charge on any atom is -0.455 e. The highest BCUT2D eigenvalue weighted by Crippen LogP contribution is 2.37. The maximum Gasteiger partial charge on any atom is 0.148 e. The molecule has 0 aliphatic heterocycles. The van der Waals surface area contributed by atoms with Crippen molar-refractivity contribution in [2.24, 2.45) is 0 Å². The van der Waals surface area contributed by atoms with Crippen LogP contribution in [0.5, 0.6) is 0 Å². The summed E-state index contributed by atoms with van der Waals surface area (Å²) < 4.78 is 24.1. The Morgan fingerprint density at radius 1 is 0.767 bits per heavy atom. The molecule has 0 radical (unpaired) electrons. The minimum absolute atomic E-state index is 0.341. The van der Waals surface area contributed by atoms with E-state index in [2.05, 4.69) is 9.97 Å². The van der Waals surface area contributed by atoms with E-state index in [1.807, 2.05) is 79.0 Å². The van der Waals surface area contributed by atoms with Gasteiger partial charge in [0, 0.05) is 32.3 Å². The van der Waals surface area contributed by atoms with Crippen LogP contribution >= 0.6 is 0 Å². The van der Waals surface area contributed by atoms with Crippen LogP contribution in [0.1, 0.15) is 14.0 Å². The molecule has 30 heavy (non-hydrogen) atoms. The number of rotatable bonds is 3. The Labute approximate surface area is 176 Å². The summed E-state index contributed by atoms with van der Waals surface area (Å²) in [5.74, 6) is 0. The van der Waals surface area contributed by atoms with Crippen LogP contribution in [0.15, 0.2) is 102 Å². The molecule has 0 amide bonds. The summed E-state index contributed by atoms with van der Waals surface area (Å²) in [5.41, 5.74) is 3.67. The molecule has 0 bridgehead atoms. The van der Waals surface area contributed by atoms with Gasteiger partial charge < -0.3 is 4.42 Å². The lowest BCUT2D eigenvalue weighted by Crippen LogP contribution is -1.95. The second-order valence-electron chi connectivity index (χ2n) is 7.23. The maximum atomic E-state index is 8.93. The highest BCUT2D eigenvalue weighted by Gasteiger charge is 2.18. The Balaban J connectivity index is 1.67. The number of furan rings is 1. The highest BCUT2D eigenvalue weighted by atomic mass is 16.3. The van der Waals surface area contributed by atoms with Crippen molar-refractivity contribution in [3.05, 3.63) is 109 Å². The van der Waals surface area contributed by atoms with Crippen LogP contribution in [-0.4, -0.2) is 9.97 Å². The molecule has 0 N–H and O–H groups in total. The van der Waals surface area contributed by atoms with Crippen molar-refractivity contribution in [1.29, 1.82) is 0 Å². The fraction of sp³-hybridized carbons (Fsp3) is 0.0370. The first-order valence-corrected chi connectivity index (χ1v) is 9.84. The van der Waals surface area contributed by atoms with Gasteiger partial charge in [0.2, 0.25) is 0 Å². The van der Waals surface area contributed by atoms with E-state index < -0.39 is 6.37 Å². The third-order valence-electron chi connectivity index (χ3n) is 5.34. The van der Waals surface area contributed by atoms with Crippen molar-refractivity contribution in [3.63, 3.8) is 0 Å². The molecule has 0 unspecified atom stereocenters. The molecule has 6 aromatic rings. The van der Waals surface area contributed by atoms with Gasteiger partial charge in [-0.05, 0) is 23.1 Å². The van der Waals surface area contributed by atoms with Gasteiger partial charge in [-0.2, -0.15) is 0 Å². The van der Waals surface area contributed by atoms with E-state index in [9.17, 15) is 0 Å². The summed E-state index contributed by atoms with van der Waals surface area (Å²) in [6.07, 6.45) is 1.73. The Kier molecular flexibility index (Phi) is 3.39. The average molecular weight is 388 g/mol. The standard InChI is InChI=1S/C27H18N2O/c1-2-8-18(9-3-1)14-24-26-21-12-6-7-13-25(21)30-27(26)22(17-29-24)23-15-19-10-4-5-11-20(19)16-28-23/h1-13,15-17H,14H2/i14D2. The molecule has 0 aliphatic rings. The first-order valence-electron chi connectivity index (χ1n) is 10.8. The topological polar surface area (TPSA) is 38.9 Å². The van der Waals surface area contributed by atoms with Crippen molar-refractivity contribution in [2.75, 3.05) is 0 Å². The monoisotopic (exact) mass is 388 g/mol. The SMILES string of the molecule is [2H]C([2H])(c1ccccc1)c1ncc(-c2cc3ccccc3cn2)c2oc3ccccc3c12. The number of para-hydroxylation sites is 1. The van der Waals surface area contributed by atoms with E-state index in [1.165, 1.54) is 0 Å². The lowest BCUT2D eigenvalue weighted by atomic mass is 10.0. The third kappa shape index (κ3) is 2.75. The Morgan fingerprint density at radius 3 is 2.43 bits per heavy atom. The van der Waals surface area contributed by atoms with Crippen LogP contribution in [0.2, 0.25) is 0 Å². The molecular weight excluding hydrogens is 368 g/mol. The number of nitrogens with zero attached hydrogens (tertiary/aromatic N) is 2. The van der Waals surface area contributed by atoms with Gasteiger partial charge in [0.05, 0.1) is 22.3 Å². The number of benzene rings is 3. The first kappa shape index (κ1) is 14.9. The van der Waals surface area contributed by atoms with E-state index in [4.69, 9.17) is 7.16 Å². The Hall–Kier alpha value is -3.98. The predicted octanol–water partition coefficient (Wildman–Crippen LogP) is 6.79. The van der Waals surface area contributed by atoms with Gasteiger partial charge in [-0.25, -0.2) is 0 Å². The highest BCUT2D eigenvalue weighted by molar-refractivity contribution is 6.10. The van der Waals surface area contributed by atoms with Gasteiger partial charge in [-0.1, -0.05) is 72.8 Å². The molecule has 0 fully saturated rings. The van der Waals surface area contributed by atoms with E-state index in [1.54, 1.807) is 18.3 Å². The number of hydrogen-bond acceptors (Lipinski definition) is 3. The largest absolute Gasteiger partial charge is 0.455 e. The van der Waals surface area contributed by atoms with Crippen LogP contribution in [0.4, 0.5) is 0 Å². The molecule has 142 valence electrons. The normalized spacial score (nSPS) is 12.9. The second-order valence-corrected chi connectivity index (χ2v) is 7.23. The van der Waals surface area contributed by atoms with E-state index in [-0.39, 0.29) is 0 Å².